The number of alkyl halides is 3. The van der Waals surface area contributed by atoms with E-state index >= 15 is 0 Å². The molecule has 0 amide bonds. The SMILES string of the molecule is C=CCN(c1ccc(C(F)(F)F)cc1)S(=O)(=O)c1ccc2c(c1)OCCO2. The lowest BCUT2D eigenvalue weighted by molar-refractivity contribution is -0.137. The number of hydrogen-bond donors (Lipinski definition) is 0. The zero-order valence-electron chi connectivity index (χ0n) is 14.1. The molecule has 3 rings (SSSR count). The fraction of sp³-hybridized carbons (Fsp3) is 0.222. The molecule has 0 bridgehead atoms. The summed E-state index contributed by atoms with van der Waals surface area (Å²) >= 11 is 0. The minimum absolute atomic E-state index is 0.0616. The quantitative estimate of drug-likeness (QED) is 0.717. The lowest BCUT2D eigenvalue weighted by Gasteiger charge is -2.25. The summed E-state index contributed by atoms with van der Waals surface area (Å²) in [5.74, 6) is 0.735. The van der Waals surface area contributed by atoms with Crippen LogP contribution < -0.4 is 13.8 Å². The second-order valence-corrected chi connectivity index (χ2v) is 7.54. The predicted octanol–water partition coefficient (Wildman–Crippen LogP) is 3.86. The Kier molecular flexibility index (Phi) is 5.05. The standard InChI is InChI=1S/C18H16F3NO4S/c1-2-9-22(14-5-3-13(4-6-14)18(19,20)21)27(23,24)15-7-8-16-17(12-15)26-11-10-25-16/h2-8,12H,1,9-11H2. The number of sulfonamides is 1. The van der Waals surface area contributed by atoms with Gasteiger partial charge in [-0.2, -0.15) is 13.2 Å². The van der Waals surface area contributed by atoms with E-state index in [4.69, 9.17) is 9.47 Å². The number of anilines is 1. The van der Waals surface area contributed by atoms with Crippen molar-refractivity contribution in [2.24, 2.45) is 0 Å². The molecule has 27 heavy (non-hydrogen) atoms. The van der Waals surface area contributed by atoms with Crippen molar-refractivity contribution in [2.75, 3.05) is 24.1 Å². The Morgan fingerprint density at radius 1 is 1.04 bits per heavy atom. The number of ether oxygens (including phenoxy) is 2. The van der Waals surface area contributed by atoms with Crippen molar-refractivity contribution in [3.63, 3.8) is 0 Å². The molecule has 2 aromatic carbocycles. The highest BCUT2D eigenvalue weighted by Crippen LogP contribution is 2.35. The van der Waals surface area contributed by atoms with E-state index in [0.717, 1.165) is 28.6 Å². The zero-order valence-corrected chi connectivity index (χ0v) is 14.9. The summed E-state index contributed by atoms with van der Waals surface area (Å²) in [6.07, 6.45) is -3.15. The third-order valence-corrected chi connectivity index (χ3v) is 5.67. The molecule has 0 fully saturated rings. The highest BCUT2D eigenvalue weighted by molar-refractivity contribution is 7.92. The topological polar surface area (TPSA) is 55.8 Å². The molecule has 0 radical (unpaired) electrons. The Labute approximate surface area is 154 Å². The largest absolute Gasteiger partial charge is 0.486 e. The van der Waals surface area contributed by atoms with Crippen LogP contribution in [0.1, 0.15) is 5.56 Å². The summed E-state index contributed by atoms with van der Waals surface area (Å²) in [7, 11) is -4.05. The summed E-state index contributed by atoms with van der Waals surface area (Å²) in [5.41, 5.74) is -0.765. The van der Waals surface area contributed by atoms with Gasteiger partial charge in [-0.05, 0) is 36.4 Å². The first kappa shape index (κ1) is 19.1. The number of fused-ring (bicyclic) bond motifs is 1. The van der Waals surface area contributed by atoms with Crippen LogP contribution in [0.15, 0.2) is 60.0 Å². The van der Waals surface area contributed by atoms with E-state index < -0.39 is 21.8 Å². The zero-order chi connectivity index (χ0) is 19.7. The molecule has 0 saturated carbocycles. The number of hydrogen-bond acceptors (Lipinski definition) is 4. The Morgan fingerprint density at radius 2 is 1.67 bits per heavy atom. The van der Waals surface area contributed by atoms with Gasteiger partial charge in [0, 0.05) is 6.07 Å². The maximum absolute atomic E-state index is 13.0. The van der Waals surface area contributed by atoms with E-state index in [2.05, 4.69) is 6.58 Å². The van der Waals surface area contributed by atoms with Gasteiger partial charge in [-0.1, -0.05) is 6.08 Å². The number of rotatable bonds is 5. The molecule has 0 aromatic heterocycles. The van der Waals surface area contributed by atoms with E-state index in [1.165, 1.54) is 24.3 Å². The van der Waals surface area contributed by atoms with Gasteiger partial charge in [0.25, 0.3) is 10.0 Å². The number of halogens is 3. The molecule has 9 heteroatoms. The van der Waals surface area contributed by atoms with Gasteiger partial charge in [0.05, 0.1) is 22.7 Å². The van der Waals surface area contributed by atoms with Crippen LogP contribution in [0.4, 0.5) is 18.9 Å². The predicted molar refractivity (Wildman–Crippen MR) is 93.6 cm³/mol. The van der Waals surface area contributed by atoms with Gasteiger partial charge < -0.3 is 9.47 Å². The fourth-order valence-electron chi connectivity index (χ4n) is 2.59. The van der Waals surface area contributed by atoms with E-state index in [1.54, 1.807) is 0 Å². The molecule has 1 aliphatic heterocycles. The Hall–Kier alpha value is -2.68. The molecule has 1 aliphatic rings. The van der Waals surface area contributed by atoms with Crippen LogP contribution in [0.25, 0.3) is 0 Å². The third kappa shape index (κ3) is 3.87. The van der Waals surface area contributed by atoms with Crippen LogP contribution in [0.2, 0.25) is 0 Å². The minimum Gasteiger partial charge on any atom is -0.486 e. The van der Waals surface area contributed by atoms with Gasteiger partial charge in [0.15, 0.2) is 11.5 Å². The molecule has 144 valence electrons. The monoisotopic (exact) mass is 399 g/mol. The molecule has 0 spiro atoms. The summed E-state index contributed by atoms with van der Waals surface area (Å²) in [6.45, 7) is 4.09. The molecular weight excluding hydrogens is 383 g/mol. The molecule has 1 heterocycles. The van der Waals surface area contributed by atoms with Gasteiger partial charge in [0.1, 0.15) is 13.2 Å². The highest BCUT2D eigenvalue weighted by Gasteiger charge is 2.31. The maximum Gasteiger partial charge on any atom is 0.416 e. The lowest BCUT2D eigenvalue weighted by Crippen LogP contribution is -2.31. The molecule has 0 saturated heterocycles. The van der Waals surface area contributed by atoms with E-state index in [9.17, 15) is 21.6 Å². The summed E-state index contributed by atoms with van der Waals surface area (Å²) < 4.78 is 76.1. The summed E-state index contributed by atoms with van der Waals surface area (Å²) in [5, 5.41) is 0. The first-order valence-corrected chi connectivity index (χ1v) is 9.38. The van der Waals surface area contributed by atoms with Gasteiger partial charge in [-0.3, -0.25) is 4.31 Å². The van der Waals surface area contributed by atoms with Crippen LogP contribution >= 0.6 is 0 Å². The molecular formula is C18H16F3NO4S. The fourth-order valence-corrected chi connectivity index (χ4v) is 4.04. The van der Waals surface area contributed by atoms with E-state index in [1.807, 2.05) is 0 Å². The Bertz CT molecular complexity index is 940. The van der Waals surface area contributed by atoms with E-state index in [0.29, 0.717) is 24.7 Å². The van der Waals surface area contributed by atoms with Gasteiger partial charge in [0.2, 0.25) is 0 Å². The minimum atomic E-state index is -4.50. The van der Waals surface area contributed by atoms with Gasteiger partial charge in [-0.15, -0.1) is 6.58 Å². The third-order valence-electron chi connectivity index (χ3n) is 3.88. The Morgan fingerprint density at radius 3 is 2.26 bits per heavy atom. The van der Waals surface area contributed by atoms with Crippen LogP contribution in [0, 0.1) is 0 Å². The highest BCUT2D eigenvalue weighted by atomic mass is 32.2. The average Bonchev–Trinajstić information content (AvgIpc) is 2.65. The lowest BCUT2D eigenvalue weighted by atomic mass is 10.2. The maximum atomic E-state index is 13.0. The van der Waals surface area contributed by atoms with Crippen LogP contribution in [-0.4, -0.2) is 28.2 Å². The molecule has 2 aromatic rings. The van der Waals surface area contributed by atoms with Crippen LogP contribution in [0.3, 0.4) is 0 Å². The molecule has 0 aliphatic carbocycles. The van der Waals surface area contributed by atoms with Crippen molar-refractivity contribution in [3.8, 4) is 11.5 Å². The smallest absolute Gasteiger partial charge is 0.416 e. The van der Waals surface area contributed by atoms with Gasteiger partial charge in [-0.25, -0.2) is 8.42 Å². The van der Waals surface area contributed by atoms with E-state index in [-0.39, 0.29) is 17.1 Å². The van der Waals surface area contributed by atoms with Crippen molar-refractivity contribution >= 4 is 15.7 Å². The van der Waals surface area contributed by atoms with Crippen molar-refractivity contribution in [1.82, 2.24) is 0 Å². The van der Waals surface area contributed by atoms with Gasteiger partial charge >= 0.3 is 6.18 Å². The van der Waals surface area contributed by atoms with Crippen LogP contribution in [0.5, 0.6) is 11.5 Å². The van der Waals surface area contributed by atoms with Crippen LogP contribution in [-0.2, 0) is 16.2 Å². The second-order valence-electron chi connectivity index (χ2n) is 5.67. The van der Waals surface area contributed by atoms with Crippen molar-refractivity contribution < 1.29 is 31.1 Å². The average molecular weight is 399 g/mol. The normalized spacial score (nSPS) is 13.9. The van der Waals surface area contributed by atoms with Crippen molar-refractivity contribution in [1.29, 1.82) is 0 Å². The Balaban J connectivity index is 1.99. The van der Waals surface area contributed by atoms with Crippen molar-refractivity contribution in [2.45, 2.75) is 11.1 Å². The second kappa shape index (κ2) is 7.15. The number of benzene rings is 2. The number of nitrogens with zero attached hydrogens (tertiary/aromatic N) is 1. The first-order valence-electron chi connectivity index (χ1n) is 7.94. The summed E-state index contributed by atoms with van der Waals surface area (Å²) in [6, 6.07) is 8.09. The summed E-state index contributed by atoms with van der Waals surface area (Å²) in [4.78, 5) is -0.0616. The molecule has 5 nitrogen and oxygen atoms in total. The molecule has 0 atom stereocenters. The molecule has 0 unspecified atom stereocenters. The molecule has 0 N–H and O–H groups in total. The first-order chi connectivity index (χ1) is 12.7. The van der Waals surface area contributed by atoms with Crippen molar-refractivity contribution in [3.05, 3.63) is 60.7 Å².